The second-order valence-corrected chi connectivity index (χ2v) is 7.79. The topological polar surface area (TPSA) is 57.6 Å². The lowest BCUT2D eigenvalue weighted by Gasteiger charge is -2.25. The van der Waals surface area contributed by atoms with E-state index in [1.807, 2.05) is 62.4 Å². The van der Waals surface area contributed by atoms with Crippen molar-refractivity contribution in [2.45, 2.75) is 6.04 Å². The van der Waals surface area contributed by atoms with Gasteiger partial charge in [0, 0.05) is 48.4 Å². The van der Waals surface area contributed by atoms with E-state index in [-0.39, 0.29) is 24.4 Å². The first-order valence-electron chi connectivity index (χ1n) is 9.82. The molecule has 0 fully saturated rings. The minimum atomic E-state index is -0.274. The van der Waals surface area contributed by atoms with Crippen LogP contribution in [0.3, 0.4) is 0 Å². The molecule has 150 valence electrons. The lowest BCUT2D eigenvalue weighted by atomic mass is 9.97. The predicted octanol–water partition coefficient (Wildman–Crippen LogP) is 2.40. The quantitative estimate of drug-likeness (QED) is 0.703. The van der Waals surface area contributed by atoms with E-state index in [0.717, 1.165) is 28.6 Å². The summed E-state index contributed by atoms with van der Waals surface area (Å²) in [4.78, 5) is 29.5. The van der Waals surface area contributed by atoms with Gasteiger partial charge < -0.3 is 19.7 Å². The normalized spacial score (nSPS) is 15.9. The van der Waals surface area contributed by atoms with Crippen LogP contribution in [0.2, 0.25) is 0 Å². The van der Waals surface area contributed by atoms with Gasteiger partial charge in [0.2, 0.25) is 5.91 Å². The monoisotopic (exact) mass is 390 g/mol. The molecule has 0 bridgehead atoms. The Kier molecular flexibility index (Phi) is 5.11. The molecular weight excluding hydrogens is 364 g/mol. The summed E-state index contributed by atoms with van der Waals surface area (Å²) in [5, 5.41) is 4.02. The fraction of sp³-hybridized carbons (Fsp3) is 0.304. The largest absolute Gasteiger partial charge is 0.353 e. The summed E-state index contributed by atoms with van der Waals surface area (Å²) >= 11 is 0. The van der Waals surface area contributed by atoms with Crippen molar-refractivity contribution < 1.29 is 9.59 Å². The molecular formula is C23H26N4O2. The summed E-state index contributed by atoms with van der Waals surface area (Å²) in [6.45, 7) is 1.35. The van der Waals surface area contributed by atoms with Crippen LogP contribution >= 0.6 is 0 Å². The molecule has 3 aromatic rings. The molecule has 0 saturated heterocycles. The number of fused-ring (bicyclic) bond motifs is 2. The van der Waals surface area contributed by atoms with Gasteiger partial charge in [-0.25, -0.2) is 0 Å². The first-order valence-corrected chi connectivity index (χ1v) is 9.82. The van der Waals surface area contributed by atoms with Crippen LogP contribution in [0.15, 0.2) is 54.7 Å². The molecule has 1 aliphatic rings. The van der Waals surface area contributed by atoms with Gasteiger partial charge in [0.25, 0.3) is 5.91 Å². The Hall–Kier alpha value is -3.12. The molecule has 1 N–H and O–H groups in total. The molecule has 0 saturated carbocycles. The molecule has 6 heteroatoms. The summed E-state index contributed by atoms with van der Waals surface area (Å²) in [6, 6.07) is 15.5. The molecule has 29 heavy (non-hydrogen) atoms. The van der Waals surface area contributed by atoms with Crippen molar-refractivity contribution in [3.63, 3.8) is 0 Å². The maximum atomic E-state index is 13.2. The number of para-hydroxylation sites is 1. The maximum Gasteiger partial charge on any atom is 0.255 e. The zero-order chi connectivity index (χ0) is 20.5. The van der Waals surface area contributed by atoms with Crippen LogP contribution in [-0.4, -0.2) is 59.9 Å². The lowest BCUT2D eigenvalue weighted by molar-refractivity contribution is -0.122. The Bertz CT molecular complexity index is 1070. The number of likely N-dealkylation sites (N-methyl/N-ethyl adjacent to an activating group) is 1. The van der Waals surface area contributed by atoms with Gasteiger partial charge in [-0.3, -0.25) is 9.59 Å². The third-order valence-corrected chi connectivity index (χ3v) is 5.48. The smallest absolute Gasteiger partial charge is 0.255 e. The van der Waals surface area contributed by atoms with E-state index >= 15 is 0 Å². The molecule has 1 unspecified atom stereocenters. The van der Waals surface area contributed by atoms with Crippen molar-refractivity contribution in [2.24, 2.45) is 7.05 Å². The Morgan fingerprint density at radius 3 is 2.59 bits per heavy atom. The molecule has 2 heterocycles. The van der Waals surface area contributed by atoms with E-state index in [1.165, 1.54) is 0 Å². The van der Waals surface area contributed by atoms with E-state index in [9.17, 15) is 9.59 Å². The molecule has 2 aromatic carbocycles. The second-order valence-electron chi connectivity index (χ2n) is 7.79. The summed E-state index contributed by atoms with van der Waals surface area (Å²) in [7, 11) is 5.93. The first-order chi connectivity index (χ1) is 14.0. The minimum Gasteiger partial charge on any atom is -0.353 e. The van der Waals surface area contributed by atoms with Crippen LogP contribution in [0, 0.1) is 0 Å². The highest BCUT2D eigenvalue weighted by Crippen LogP contribution is 2.41. The molecule has 0 aliphatic carbocycles. The second kappa shape index (κ2) is 7.72. The first kappa shape index (κ1) is 19.2. The standard InChI is InChI=1S/C23H26N4O2/c1-25(2)13-12-24-21(28)15-27-22(17-9-4-5-10-18(17)23(27)29)19-14-26(3)20-11-7-6-8-16(19)20/h4-11,14,22H,12-13,15H2,1-3H3,(H,24,28). The van der Waals surface area contributed by atoms with E-state index in [1.54, 1.807) is 4.90 Å². The Labute approximate surface area is 170 Å². The molecule has 4 rings (SSSR count). The number of hydrogen-bond acceptors (Lipinski definition) is 3. The predicted molar refractivity (Wildman–Crippen MR) is 114 cm³/mol. The maximum absolute atomic E-state index is 13.2. The number of carbonyl (C=O) groups excluding carboxylic acids is 2. The highest BCUT2D eigenvalue weighted by molar-refractivity contribution is 6.02. The van der Waals surface area contributed by atoms with Crippen molar-refractivity contribution in [1.82, 2.24) is 19.7 Å². The van der Waals surface area contributed by atoms with Gasteiger partial charge in [0.05, 0.1) is 6.04 Å². The number of hydrogen-bond donors (Lipinski definition) is 1. The number of rotatable bonds is 6. The average molecular weight is 390 g/mol. The van der Waals surface area contributed by atoms with Gasteiger partial charge in [-0.05, 0) is 31.8 Å². The van der Waals surface area contributed by atoms with Crippen LogP contribution in [0.1, 0.15) is 27.5 Å². The van der Waals surface area contributed by atoms with Gasteiger partial charge in [-0.2, -0.15) is 0 Å². The SMILES string of the molecule is CN(C)CCNC(=O)CN1C(=O)c2ccccc2C1c1cn(C)c2ccccc12. The van der Waals surface area contributed by atoms with E-state index in [2.05, 4.69) is 28.2 Å². The van der Waals surface area contributed by atoms with Crippen LogP contribution in [0.4, 0.5) is 0 Å². The summed E-state index contributed by atoms with van der Waals surface area (Å²) in [5.41, 5.74) is 3.78. The molecule has 1 atom stereocenters. The molecule has 0 spiro atoms. The van der Waals surface area contributed by atoms with Crippen LogP contribution in [0.25, 0.3) is 10.9 Å². The number of benzene rings is 2. The van der Waals surface area contributed by atoms with Gasteiger partial charge in [0.1, 0.15) is 6.54 Å². The molecule has 6 nitrogen and oxygen atoms in total. The Balaban J connectivity index is 1.70. The highest BCUT2D eigenvalue weighted by Gasteiger charge is 2.39. The lowest BCUT2D eigenvalue weighted by Crippen LogP contribution is -2.41. The summed E-state index contributed by atoms with van der Waals surface area (Å²) in [5.74, 6) is -0.237. The summed E-state index contributed by atoms with van der Waals surface area (Å²) < 4.78 is 2.07. The van der Waals surface area contributed by atoms with Crippen molar-refractivity contribution in [3.05, 3.63) is 71.4 Å². The van der Waals surface area contributed by atoms with Gasteiger partial charge in [-0.15, -0.1) is 0 Å². The van der Waals surface area contributed by atoms with Crippen LogP contribution in [-0.2, 0) is 11.8 Å². The number of aryl methyl sites for hydroxylation is 1. The number of amides is 2. The van der Waals surface area contributed by atoms with Gasteiger partial charge >= 0.3 is 0 Å². The number of nitrogens with zero attached hydrogens (tertiary/aromatic N) is 3. The van der Waals surface area contributed by atoms with E-state index in [4.69, 9.17) is 0 Å². The van der Waals surface area contributed by atoms with Crippen molar-refractivity contribution in [1.29, 1.82) is 0 Å². The van der Waals surface area contributed by atoms with Crippen molar-refractivity contribution in [3.8, 4) is 0 Å². The van der Waals surface area contributed by atoms with Crippen molar-refractivity contribution in [2.75, 3.05) is 33.7 Å². The third kappa shape index (κ3) is 3.51. The van der Waals surface area contributed by atoms with Crippen molar-refractivity contribution >= 4 is 22.7 Å². The van der Waals surface area contributed by atoms with E-state index in [0.29, 0.717) is 12.1 Å². The Morgan fingerprint density at radius 1 is 1.07 bits per heavy atom. The van der Waals surface area contributed by atoms with Crippen LogP contribution in [0.5, 0.6) is 0 Å². The zero-order valence-corrected chi connectivity index (χ0v) is 17.1. The fourth-order valence-corrected chi connectivity index (χ4v) is 4.09. The van der Waals surface area contributed by atoms with Gasteiger partial charge in [-0.1, -0.05) is 36.4 Å². The van der Waals surface area contributed by atoms with Crippen LogP contribution < -0.4 is 5.32 Å². The average Bonchev–Trinajstić information content (AvgIpc) is 3.17. The number of carbonyl (C=O) groups is 2. The fourth-order valence-electron chi connectivity index (χ4n) is 4.09. The highest BCUT2D eigenvalue weighted by atomic mass is 16.2. The van der Waals surface area contributed by atoms with Gasteiger partial charge in [0.15, 0.2) is 0 Å². The molecule has 1 aromatic heterocycles. The molecule has 2 amide bonds. The number of aromatic nitrogens is 1. The molecule has 1 aliphatic heterocycles. The third-order valence-electron chi connectivity index (χ3n) is 5.48. The zero-order valence-electron chi connectivity index (χ0n) is 17.1. The Morgan fingerprint density at radius 2 is 1.79 bits per heavy atom. The molecule has 0 radical (unpaired) electrons. The minimum absolute atomic E-state index is 0.0365. The van der Waals surface area contributed by atoms with E-state index < -0.39 is 0 Å². The number of nitrogens with one attached hydrogen (secondary N) is 1. The summed E-state index contributed by atoms with van der Waals surface area (Å²) in [6.07, 6.45) is 2.07.